The summed E-state index contributed by atoms with van der Waals surface area (Å²) < 4.78 is 41.8. The van der Waals surface area contributed by atoms with Gasteiger partial charge in [0.25, 0.3) is 10.0 Å². The van der Waals surface area contributed by atoms with Gasteiger partial charge in [0.15, 0.2) is 0 Å². The van der Waals surface area contributed by atoms with E-state index in [-0.39, 0.29) is 16.1 Å². The number of aromatic nitrogens is 2. The van der Waals surface area contributed by atoms with E-state index in [9.17, 15) is 12.8 Å². The molecule has 8 heteroatoms. The Labute approximate surface area is 160 Å². The molecule has 138 valence electrons. The fourth-order valence-corrected chi connectivity index (χ4v) is 4.16. The topological polar surface area (TPSA) is 98.6 Å². The first-order valence-corrected chi connectivity index (χ1v) is 9.70. The van der Waals surface area contributed by atoms with Crippen LogP contribution in [0.3, 0.4) is 0 Å². The van der Waals surface area contributed by atoms with Gasteiger partial charge in [-0.1, -0.05) is 12.1 Å². The first-order valence-electron chi connectivity index (χ1n) is 8.22. The predicted octanol–water partition coefficient (Wildman–Crippen LogP) is 4.04. The van der Waals surface area contributed by atoms with Crippen molar-refractivity contribution in [2.24, 2.45) is 0 Å². The first-order chi connectivity index (χ1) is 13.5. The van der Waals surface area contributed by atoms with Gasteiger partial charge in [0.1, 0.15) is 10.7 Å². The molecule has 0 amide bonds. The van der Waals surface area contributed by atoms with Crippen LogP contribution in [0.25, 0.3) is 22.0 Å². The summed E-state index contributed by atoms with van der Waals surface area (Å²) in [6.45, 7) is 0. The number of hydrogen-bond donors (Lipinski definition) is 2. The number of hydrogen-bond acceptors (Lipinski definition) is 4. The van der Waals surface area contributed by atoms with Crippen LogP contribution >= 0.6 is 0 Å². The smallest absolute Gasteiger partial charge is 0.264 e. The quantitative estimate of drug-likeness (QED) is 0.547. The second-order valence-corrected chi connectivity index (χ2v) is 7.71. The Morgan fingerprint density at radius 1 is 1.04 bits per heavy atom. The molecule has 0 bridgehead atoms. The molecule has 0 unspecified atom stereocenters. The van der Waals surface area contributed by atoms with Crippen LogP contribution in [0, 0.1) is 17.1 Å². The monoisotopic (exact) mass is 392 g/mol. The molecule has 0 aliphatic heterocycles. The van der Waals surface area contributed by atoms with Crippen LogP contribution in [0.2, 0.25) is 0 Å². The largest absolute Gasteiger partial charge is 0.360 e. The molecule has 2 aromatic heterocycles. The van der Waals surface area contributed by atoms with Crippen LogP contribution in [0.15, 0.2) is 72.0 Å². The summed E-state index contributed by atoms with van der Waals surface area (Å²) >= 11 is 0. The minimum atomic E-state index is -4.03. The second-order valence-electron chi connectivity index (χ2n) is 6.06. The molecule has 2 aromatic carbocycles. The maximum Gasteiger partial charge on any atom is 0.264 e. The summed E-state index contributed by atoms with van der Waals surface area (Å²) in [6, 6.07) is 14.4. The standard InChI is InChI=1S/C20H13FN4O2S/c21-17-9-13(11-22)1-4-18(17)25-28(26,27)20-12-24-19-10-15(2-3-16(19)20)14-5-7-23-8-6-14/h1-10,12,24-25H. The Balaban J connectivity index is 1.71. The van der Waals surface area contributed by atoms with Gasteiger partial charge in [-0.25, -0.2) is 12.8 Å². The summed E-state index contributed by atoms with van der Waals surface area (Å²) in [7, 11) is -4.03. The zero-order chi connectivity index (χ0) is 19.7. The van der Waals surface area contributed by atoms with Crippen molar-refractivity contribution in [2.45, 2.75) is 4.90 Å². The molecule has 4 aromatic rings. The van der Waals surface area contributed by atoms with E-state index < -0.39 is 15.8 Å². The number of nitrogens with zero attached hydrogens (tertiary/aromatic N) is 2. The Morgan fingerprint density at radius 2 is 1.82 bits per heavy atom. The van der Waals surface area contributed by atoms with Crippen molar-refractivity contribution in [1.29, 1.82) is 5.26 Å². The van der Waals surface area contributed by atoms with Gasteiger partial charge in [0.2, 0.25) is 0 Å². The SMILES string of the molecule is N#Cc1ccc(NS(=O)(=O)c2c[nH]c3cc(-c4ccncc4)ccc23)c(F)c1. The van der Waals surface area contributed by atoms with Crippen molar-refractivity contribution >= 4 is 26.6 Å². The van der Waals surface area contributed by atoms with Gasteiger partial charge in [-0.15, -0.1) is 0 Å². The van der Waals surface area contributed by atoms with Crippen LogP contribution < -0.4 is 4.72 Å². The normalized spacial score (nSPS) is 11.3. The van der Waals surface area contributed by atoms with Crippen molar-refractivity contribution in [3.05, 3.63) is 78.5 Å². The number of halogens is 1. The lowest BCUT2D eigenvalue weighted by Gasteiger charge is -2.08. The lowest BCUT2D eigenvalue weighted by atomic mass is 10.1. The van der Waals surface area contributed by atoms with Crippen LogP contribution in [0.4, 0.5) is 10.1 Å². The Kier molecular flexibility index (Phi) is 4.29. The van der Waals surface area contributed by atoms with Crippen LogP contribution in [0.1, 0.15) is 5.56 Å². The van der Waals surface area contributed by atoms with E-state index >= 15 is 0 Å². The first kappa shape index (κ1) is 17.7. The summed E-state index contributed by atoms with van der Waals surface area (Å²) in [6.07, 6.45) is 4.73. The van der Waals surface area contributed by atoms with Crippen LogP contribution in [0.5, 0.6) is 0 Å². The molecule has 0 radical (unpaired) electrons. The van der Waals surface area contributed by atoms with E-state index in [0.717, 1.165) is 17.2 Å². The molecule has 0 spiro atoms. The van der Waals surface area contributed by atoms with Crippen LogP contribution in [-0.4, -0.2) is 18.4 Å². The molecule has 0 saturated heterocycles. The maximum atomic E-state index is 14.1. The molecule has 0 aliphatic rings. The summed E-state index contributed by atoms with van der Waals surface area (Å²) in [5, 5.41) is 9.28. The molecule has 4 rings (SSSR count). The highest BCUT2D eigenvalue weighted by Crippen LogP contribution is 2.29. The molecular formula is C20H13FN4O2S. The minimum Gasteiger partial charge on any atom is -0.360 e. The zero-order valence-electron chi connectivity index (χ0n) is 14.3. The van der Waals surface area contributed by atoms with Gasteiger partial charge in [-0.2, -0.15) is 5.26 Å². The molecule has 0 atom stereocenters. The van der Waals surface area contributed by atoms with Crippen molar-refractivity contribution in [2.75, 3.05) is 4.72 Å². The van der Waals surface area contributed by atoms with Gasteiger partial charge >= 0.3 is 0 Å². The van der Waals surface area contributed by atoms with Crippen molar-refractivity contribution in [3.63, 3.8) is 0 Å². The van der Waals surface area contributed by atoms with E-state index in [2.05, 4.69) is 14.7 Å². The summed E-state index contributed by atoms with van der Waals surface area (Å²) in [5.41, 5.74) is 2.38. The van der Waals surface area contributed by atoms with Gasteiger partial charge in [0.05, 0.1) is 17.3 Å². The highest BCUT2D eigenvalue weighted by molar-refractivity contribution is 7.93. The highest BCUT2D eigenvalue weighted by atomic mass is 32.2. The Morgan fingerprint density at radius 3 is 2.54 bits per heavy atom. The minimum absolute atomic E-state index is 0.00698. The summed E-state index contributed by atoms with van der Waals surface area (Å²) in [4.78, 5) is 6.94. The number of rotatable bonds is 4. The third-order valence-electron chi connectivity index (χ3n) is 4.29. The molecule has 28 heavy (non-hydrogen) atoms. The number of pyridine rings is 1. The van der Waals surface area contributed by atoms with E-state index in [1.807, 2.05) is 24.3 Å². The number of sulfonamides is 1. The van der Waals surface area contributed by atoms with Crippen molar-refractivity contribution in [3.8, 4) is 17.2 Å². The number of nitriles is 1. The lowest BCUT2D eigenvalue weighted by molar-refractivity contribution is 0.599. The third kappa shape index (κ3) is 3.19. The zero-order valence-corrected chi connectivity index (χ0v) is 15.2. The molecule has 0 aliphatic carbocycles. The number of fused-ring (bicyclic) bond motifs is 1. The average molecular weight is 392 g/mol. The van der Waals surface area contributed by atoms with E-state index in [1.165, 1.54) is 18.3 Å². The van der Waals surface area contributed by atoms with Gasteiger partial charge in [-0.05, 0) is 47.5 Å². The molecule has 0 fully saturated rings. The molecular weight excluding hydrogens is 379 g/mol. The number of H-pyrrole nitrogens is 1. The van der Waals surface area contributed by atoms with E-state index in [1.54, 1.807) is 24.5 Å². The fraction of sp³-hybridized carbons (Fsp3) is 0. The summed E-state index contributed by atoms with van der Waals surface area (Å²) in [5.74, 6) is -0.817. The van der Waals surface area contributed by atoms with E-state index in [0.29, 0.717) is 10.9 Å². The molecule has 2 N–H and O–H groups in total. The lowest BCUT2D eigenvalue weighted by Crippen LogP contribution is -2.13. The van der Waals surface area contributed by atoms with Crippen LogP contribution in [-0.2, 0) is 10.0 Å². The second kappa shape index (κ2) is 6.79. The third-order valence-corrected chi connectivity index (χ3v) is 5.69. The van der Waals surface area contributed by atoms with Crippen molar-refractivity contribution in [1.82, 2.24) is 9.97 Å². The Bertz CT molecular complexity index is 1330. The van der Waals surface area contributed by atoms with Gasteiger partial charge in [0, 0.05) is 29.5 Å². The highest BCUT2D eigenvalue weighted by Gasteiger charge is 2.21. The molecule has 6 nitrogen and oxygen atoms in total. The Hall–Kier alpha value is -3.70. The number of anilines is 1. The van der Waals surface area contributed by atoms with Crippen molar-refractivity contribution < 1.29 is 12.8 Å². The maximum absolute atomic E-state index is 14.1. The fourth-order valence-electron chi connectivity index (χ4n) is 2.91. The number of benzene rings is 2. The van der Waals surface area contributed by atoms with Gasteiger partial charge in [-0.3, -0.25) is 9.71 Å². The predicted molar refractivity (Wildman–Crippen MR) is 103 cm³/mol. The molecule has 2 heterocycles. The molecule has 0 saturated carbocycles. The number of aromatic amines is 1. The van der Waals surface area contributed by atoms with E-state index in [4.69, 9.17) is 5.26 Å². The average Bonchev–Trinajstić information content (AvgIpc) is 3.14. The van der Waals surface area contributed by atoms with Gasteiger partial charge < -0.3 is 4.98 Å². The number of nitrogens with one attached hydrogen (secondary N) is 2.